The molecule has 222 valence electrons. The van der Waals surface area contributed by atoms with Gasteiger partial charge in [0, 0.05) is 31.4 Å². The van der Waals surface area contributed by atoms with Crippen LogP contribution in [0.3, 0.4) is 0 Å². The number of nitrogens with one attached hydrogen (secondary N) is 4. The van der Waals surface area contributed by atoms with Crippen LogP contribution in [-0.2, 0) is 22.2 Å². The van der Waals surface area contributed by atoms with Crippen LogP contribution in [0.5, 0.6) is 0 Å². The first-order chi connectivity index (χ1) is 19.0. The minimum Gasteiger partial charge on any atom is -0.369 e. The summed E-state index contributed by atoms with van der Waals surface area (Å²) in [5.74, 6) is -0.240. The lowest BCUT2D eigenvalue weighted by Gasteiger charge is -2.21. The van der Waals surface area contributed by atoms with Crippen LogP contribution >= 0.6 is 0 Å². The van der Waals surface area contributed by atoms with E-state index < -0.39 is 23.0 Å². The van der Waals surface area contributed by atoms with Gasteiger partial charge in [-0.3, -0.25) is 9.35 Å². The summed E-state index contributed by atoms with van der Waals surface area (Å²) in [4.78, 5) is 19.4. The maximum absolute atomic E-state index is 13.8. The normalized spacial score (nSPS) is 20.6. The van der Waals surface area contributed by atoms with Gasteiger partial charge < -0.3 is 16.0 Å². The van der Waals surface area contributed by atoms with E-state index in [-0.39, 0.29) is 35.7 Å². The van der Waals surface area contributed by atoms with Gasteiger partial charge >= 0.3 is 6.18 Å². The predicted molar refractivity (Wildman–Crippen MR) is 150 cm³/mol. The summed E-state index contributed by atoms with van der Waals surface area (Å²) in [6.07, 6.45) is 4.21. The molecular weight excluding hydrogens is 545 g/mol. The van der Waals surface area contributed by atoms with Crippen LogP contribution < -0.4 is 20.7 Å². The van der Waals surface area contributed by atoms with Crippen LogP contribution in [0.15, 0.2) is 30.5 Å². The molecule has 0 bridgehead atoms. The zero-order valence-electron chi connectivity index (χ0n) is 22.9. The monoisotopic (exact) mass is 584 g/mol. The Kier molecular flexibility index (Phi) is 12.1. The molecule has 1 fully saturated rings. The Morgan fingerprint density at radius 3 is 2.38 bits per heavy atom. The molecule has 3 unspecified atom stereocenters. The standard InChI is InChI=1S/C27H39F3N6O3S/c1-18(33-19(2)37)21-12-14-22(15-13-21)34-26-32-17-24(27(28,29)30)25(35-26)31-16-20-8-5-3-4-6-10-23(11-7-9-20)36-40(38)39/h12-15,17-18,20,23,36H,3-11,16H2,1-2H3,(H,33,37)(H,38,39)(H2,31,32,34,35)/t18-,20?,23?/m1/s1. The summed E-state index contributed by atoms with van der Waals surface area (Å²) in [5, 5.41) is 8.70. The Bertz CT molecular complexity index is 1120. The number of hydrogen-bond acceptors (Lipinski definition) is 6. The minimum atomic E-state index is -4.62. The lowest BCUT2D eigenvalue weighted by Crippen LogP contribution is -2.30. The van der Waals surface area contributed by atoms with Gasteiger partial charge in [0.15, 0.2) is 0 Å². The van der Waals surface area contributed by atoms with Crippen LogP contribution in [0, 0.1) is 5.92 Å². The van der Waals surface area contributed by atoms with Crippen LogP contribution in [0.4, 0.5) is 30.6 Å². The Morgan fingerprint density at radius 2 is 1.73 bits per heavy atom. The highest BCUT2D eigenvalue weighted by atomic mass is 32.2. The highest BCUT2D eigenvalue weighted by molar-refractivity contribution is 7.77. The van der Waals surface area contributed by atoms with Gasteiger partial charge in [-0.1, -0.05) is 44.2 Å². The molecule has 0 saturated heterocycles. The van der Waals surface area contributed by atoms with Crippen molar-refractivity contribution < 1.29 is 26.7 Å². The van der Waals surface area contributed by atoms with Gasteiger partial charge in [-0.15, -0.1) is 0 Å². The molecule has 1 aromatic heterocycles. The summed E-state index contributed by atoms with van der Waals surface area (Å²) in [7, 11) is 0. The van der Waals surface area contributed by atoms with Gasteiger partial charge in [-0.25, -0.2) is 13.9 Å². The SMILES string of the molecule is CC(=O)N[C@H](C)c1ccc(Nc2ncc(C(F)(F)F)c(NCC3CCCCCCC(NS(=O)O)CCC3)n2)cc1. The van der Waals surface area contributed by atoms with Crippen LogP contribution in [0.2, 0.25) is 0 Å². The summed E-state index contributed by atoms with van der Waals surface area (Å²) in [5.41, 5.74) is 0.549. The molecule has 0 spiro atoms. The quantitative estimate of drug-likeness (QED) is 0.226. The van der Waals surface area contributed by atoms with E-state index >= 15 is 0 Å². The molecule has 0 radical (unpaired) electrons. The maximum atomic E-state index is 13.8. The number of aromatic nitrogens is 2. The number of carbonyl (C=O) groups is 1. The Balaban J connectivity index is 1.69. The Morgan fingerprint density at radius 1 is 1.07 bits per heavy atom. The number of alkyl halides is 3. The lowest BCUT2D eigenvalue weighted by molar-refractivity contribution is -0.137. The molecule has 3 rings (SSSR count). The molecule has 5 N–H and O–H groups in total. The van der Waals surface area contributed by atoms with Crippen LogP contribution in [-0.4, -0.2) is 37.2 Å². The second-order valence-electron chi connectivity index (χ2n) is 10.4. The van der Waals surface area contributed by atoms with Crippen LogP contribution in [0.25, 0.3) is 0 Å². The molecular formula is C27H39F3N6O3S. The Hall–Kier alpha value is -2.77. The third-order valence-electron chi connectivity index (χ3n) is 7.09. The zero-order chi connectivity index (χ0) is 29.1. The van der Waals surface area contributed by atoms with Crippen molar-refractivity contribution in [2.75, 3.05) is 17.2 Å². The summed E-state index contributed by atoms with van der Waals surface area (Å²) < 4.78 is 64.4. The molecule has 13 heteroatoms. The van der Waals surface area contributed by atoms with Crippen molar-refractivity contribution >= 4 is 34.6 Å². The van der Waals surface area contributed by atoms with Crippen molar-refractivity contribution in [3.05, 3.63) is 41.6 Å². The number of hydrogen-bond donors (Lipinski definition) is 5. The van der Waals surface area contributed by atoms with Crippen molar-refractivity contribution in [1.29, 1.82) is 0 Å². The zero-order valence-corrected chi connectivity index (χ0v) is 23.7. The first-order valence-electron chi connectivity index (χ1n) is 13.7. The number of carbonyl (C=O) groups excluding carboxylic acids is 1. The molecule has 9 nitrogen and oxygen atoms in total. The van der Waals surface area contributed by atoms with E-state index in [2.05, 4.69) is 30.6 Å². The molecule has 2 aromatic rings. The molecule has 1 amide bonds. The first-order valence-corrected chi connectivity index (χ1v) is 14.8. The molecule has 1 saturated carbocycles. The number of rotatable bonds is 9. The van der Waals surface area contributed by atoms with E-state index in [0.29, 0.717) is 12.2 Å². The fourth-order valence-corrected chi connectivity index (χ4v) is 5.50. The summed E-state index contributed by atoms with van der Waals surface area (Å²) in [6, 6.07) is 6.89. The van der Waals surface area contributed by atoms with Gasteiger partial charge in [0.25, 0.3) is 0 Å². The van der Waals surface area contributed by atoms with Crippen molar-refractivity contribution in [2.45, 2.75) is 89.9 Å². The number of nitrogens with zero attached hydrogens (tertiary/aromatic N) is 2. The average Bonchev–Trinajstić information content (AvgIpc) is 2.92. The van der Waals surface area contributed by atoms with E-state index in [0.717, 1.165) is 69.5 Å². The fraction of sp³-hybridized carbons (Fsp3) is 0.593. The first kappa shape index (κ1) is 31.8. The van der Waals surface area contributed by atoms with E-state index in [1.54, 1.807) is 12.1 Å². The second-order valence-corrected chi connectivity index (χ2v) is 11.1. The van der Waals surface area contributed by atoms with Gasteiger partial charge in [-0.05, 0) is 56.2 Å². The highest BCUT2D eigenvalue weighted by Crippen LogP contribution is 2.34. The van der Waals surface area contributed by atoms with Crippen molar-refractivity contribution in [2.24, 2.45) is 5.92 Å². The smallest absolute Gasteiger partial charge is 0.369 e. The minimum absolute atomic E-state index is 0.0338. The van der Waals surface area contributed by atoms with Gasteiger partial charge in [0.2, 0.25) is 23.1 Å². The number of benzene rings is 1. The predicted octanol–water partition coefficient (Wildman–Crippen LogP) is 6.08. The van der Waals surface area contributed by atoms with Crippen molar-refractivity contribution in [3.8, 4) is 0 Å². The van der Waals surface area contributed by atoms with E-state index in [1.807, 2.05) is 19.1 Å². The molecule has 1 aliphatic rings. The van der Waals surface area contributed by atoms with E-state index in [1.165, 1.54) is 6.92 Å². The maximum Gasteiger partial charge on any atom is 0.421 e. The van der Waals surface area contributed by atoms with E-state index in [4.69, 9.17) is 0 Å². The third kappa shape index (κ3) is 10.7. The fourth-order valence-electron chi connectivity index (χ4n) is 4.98. The van der Waals surface area contributed by atoms with Crippen molar-refractivity contribution in [3.63, 3.8) is 0 Å². The largest absolute Gasteiger partial charge is 0.421 e. The topological polar surface area (TPSA) is 128 Å². The third-order valence-corrected chi connectivity index (χ3v) is 7.62. The summed E-state index contributed by atoms with van der Waals surface area (Å²) in [6.45, 7) is 3.63. The lowest BCUT2D eigenvalue weighted by atomic mass is 9.95. The number of halogens is 3. The van der Waals surface area contributed by atoms with Gasteiger partial charge in [0.1, 0.15) is 11.4 Å². The van der Waals surface area contributed by atoms with Crippen molar-refractivity contribution in [1.82, 2.24) is 20.0 Å². The van der Waals surface area contributed by atoms with E-state index in [9.17, 15) is 26.7 Å². The van der Waals surface area contributed by atoms with Gasteiger partial charge in [0.05, 0.1) is 6.04 Å². The molecule has 1 aliphatic carbocycles. The summed E-state index contributed by atoms with van der Waals surface area (Å²) >= 11 is -2.07. The molecule has 4 atom stereocenters. The Labute approximate surface area is 235 Å². The molecule has 0 aliphatic heterocycles. The number of amides is 1. The molecule has 1 aromatic carbocycles. The average molecular weight is 585 g/mol. The molecule has 1 heterocycles. The van der Waals surface area contributed by atoms with Crippen LogP contribution in [0.1, 0.15) is 88.8 Å². The molecule has 40 heavy (non-hydrogen) atoms. The highest BCUT2D eigenvalue weighted by Gasteiger charge is 2.35. The second kappa shape index (κ2) is 15.3. The number of anilines is 3. The van der Waals surface area contributed by atoms with Gasteiger partial charge in [-0.2, -0.15) is 18.2 Å².